The fraction of sp³-hybridized carbons (Fsp3) is 0.353. The molecule has 0 spiro atoms. The molecule has 114 valence electrons. The number of carbonyl (C=O) groups excluding carboxylic acids is 1. The highest BCUT2D eigenvalue weighted by Gasteiger charge is 2.37. The van der Waals surface area contributed by atoms with Gasteiger partial charge in [-0.1, -0.05) is 30.3 Å². The Balaban J connectivity index is 1.88. The van der Waals surface area contributed by atoms with Gasteiger partial charge in [0.25, 0.3) is 5.91 Å². The molecule has 1 saturated heterocycles. The van der Waals surface area contributed by atoms with Crippen LogP contribution in [0, 0.1) is 0 Å². The van der Waals surface area contributed by atoms with E-state index in [0.717, 1.165) is 5.56 Å². The van der Waals surface area contributed by atoms with E-state index in [2.05, 4.69) is 9.97 Å². The molecule has 5 heteroatoms. The smallest absolute Gasteiger partial charge is 0.274 e. The minimum atomic E-state index is -0.127. The lowest BCUT2D eigenvalue weighted by molar-refractivity contribution is -0.0808. The molecular formula is C17H19N3O2. The van der Waals surface area contributed by atoms with Gasteiger partial charge in [-0.3, -0.25) is 9.78 Å². The molecule has 3 atom stereocenters. The lowest BCUT2D eigenvalue weighted by atomic mass is 9.98. The number of nitrogens with zero attached hydrogens (tertiary/aromatic N) is 3. The lowest BCUT2D eigenvalue weighted by Gasteiger charge is -2.43. The van der Waals surface area contributed by atoms with Gasteiger partial charge in [-0.15, -0.1) is 0 Å². The lowest BCUT2D eigenvalue weighted by Crippen LogP contribution is -2.53. The van der Waals surface area contributed by atoms with Crippen molar-refractivity contribution in [3.05, 3.63) is 60.2 Å². The maximum absolute atomic E-state index is 12.8. The summed E-state index contributed by atoms with van der Waals surface area (Å²) in [6.07, 6.45) is 4.49. The van der Waals surface area contributed by atoms with Gasteiger partial charge in [-0.2, -0.15) is 0 Å². The van der Waals surface area contributed by atoms with Crippen LogP contribution in [0.3, 0.4) is 0 Å². The van der Waals surface area contributed by atoms with Crippen molar-refractivity contribution in [1.82, 2.24) is 14.9 Å². The van der Waals surface area contributed by atoms with Crippen molar-refractivity contribution in [3.63, 3.8) is 0 Å². The summed E-state index contributed by atoms with van der Waals surface area (Å²) in [6, 6.07) is 9.94. The highest BCUT2D eigenvalue weighted by Crippen LogP contribution is 2.31. The Hall–Kier alpha value is -2.27. The van der Waals surface area contributed by atoms with E-state index in [1.165, 1.54) is 12.4 Å². The molecule has 0 radical (unpaired) electrons. The first-order valence-electron chi connectivity index (χ1n) is 7.43. The summed E-state index contributed by atoms with van der Waals surface area (Å²) < 4.78 is 5.97. The number of benzene rings is 1. The third kappa shape index (κ3) is 2.72. The number of amides is 1. The molecule has 0 unspecified atom stereocenters. The molecule has 0 N–H and O–H groups in total. The van der Waals surface area contributed by atoms with Crippen LogP contribution in [-0.2, 0) is 4.74 Å². The molecule has 22 heavy (non-hydrogen) atoms. The minimum absolute atomic E-state index is 0.00414. The Bertz CT molecular complexity index is 633. The summed E-state index contributed by atoms with van der Waals surface area (Å²) in [5.41, 5.74) is 1.45. The Morgan fingerprint density at radius 2 is 2.00 bits per heavy atom. The van der Waals surface area contributed by atoms with Crippen LogP contribution in [0.25, 0.3) is 0 Å². The largest absolute Gasteiger partial charge is 0.369 e. The monoisotopic (exact) mass is 297 g/mol. The fourth-order valence-electron chi connectivity index (χ4n) is 2.95. The van der Waals surface area contributed by atoms with Crippen molar-refractivity contribution < 1.29 is 9.53 Å². The van der Waals surface area contributed by atoms with E-state index in [1.807, 2.05) is 49.1 Å². The SMILES string of the molecule is C[C@@H]1CO[C@H](c2ccccc2)[C@H](C)N1C(=O)c1cnccn1. The van der Waals surface area contributed by atoms with Crippen LogP contribution in [0.2, 0.25) is 0 Å². The maximum Gasteiger partial charge on any atom is 0.274 e. The van der Waals surface area contributed by atoms with Crippen LogP contribution < -0.4 is 0 Å². The highest BCUT2D eigenvalue weighted by molar-refractivity contribution is 5.92. The average Bonchev–Trinajstić information content (AvgIpc) is 2.56. The van der Waals surface area contributed by atoms with Crippen LogP contribution in [0.1, 0.15) is 36.0 Å². The predicted molar refractivity (Wildman–Crippen MR) is 82.3 cm³/mol. The summed E-state index contributed by atoms with van der Waals surface area (Å²) in [4.78, 5) is 22.7. The molecular weight excluding hydrogens is 278 g/mol. The van der Waals surface area contributed by atoms with Gasteiger partial charge >= 0.3 is 0 Å². The molecule has 2 heterocycles. The molecule has 0 aliphatic carbocycles. The van der Waals surface area contributed by atoms with E-state index < -0.39 is 0 Å². The van der Waals surface area contributed by atoms with Gasteiger partial charge in [0.1, 0.15) is 11.8 Å². The summed E-state index contributed by atoms with van der Waals surface area (Å²) in [5, 5.41) is 0. The molecule has 1 amide bonds. The second kappa shape index (κ2) is 6.23. The predicted octanol–water partition coefficient (Wildman–Crippen LogP) is 2.47. The van der Waals surface area contributed by atoms with Gasteiger partial charge in [-0.05, 0) is 19.4 Å². The minimum Gasteiger partial charge on any atom is -0.369 e. The normalized spacial score (nSPS) is 25.0. The third-order valence-electron chi connectivity index (χ3n) is 4.01. The van der Waals surface area contributed by atoms with E-state index >= 15 is 0 Å². The van der Waals surface area contributed by atoms with Crippen molar-refractivity contribution in [2.45, 2.75) is 32.0 Å². The quantitative estimate of drug-likeness (QED) is 0.854. The standard InChI is InChI=1S/C17H19N3O2/c1-12-11-22-16(14-6-4-3-5-7-14)13(2)20(12)17(21)15-10-18-8-9-19-15/h3-10,12-13,16H,11H2,1-2H3/t12-,13+,16+/m1/s1. The number of aromatic nitrogens is 2. The number of hydrogen-bond acceptors (Lipinski definition) is 4. The van der Waals surface area contributed by atoms with E-state index in [9.17, 15) is 4.79 Å². The van der Waals surface area contributed by atoms with Gasteiger partial charge in [0.15, 0.2) is 0 Å². The first-order valence-corrected chi connectivity index (χ1v) is 7.43. The number of carbonyl (C=O) groups is 1. The summed E-state index contributed by atoms with van der Waals surface area (Å²) in [6.45, 7) is 4.52. The van der Waals surface area contributed by atoms with Crippen molar-refractivity contribution in [2.24, 2.45) is 0 Å². The molecule has 1 aromatic carbocycles. The summed E-state index contributed by atoms with van der Waals surface area (Å²) in [5.74, 6) is -0.0997. The maximum atomic E-state index is 12.8. The van der Waals surface area contributed by atoms with Gasteiger partial charge < -0.3 is 9.64 Å². The van der Waals surface area contributed by atoms with E-state index in [-0.39, 0.29) is 24.1 Å². The molecule has 3 rings (SSSR count). The molecule has 2 aromatic rings. The number of hydrogen-bond donors (Lipinski definition) is 0. The van der Waals surface area contributed by atoms with Crippen LogP contribution in [-0.4, -0.2) is 39.5 Å². The summed E-state index contributed by atoms with van der Waals surface area (Å²) >= 11 is 0. The molecule has 1 aromatic heterocycles. The van der Waals surface area contributed by atoms with Gasteiger partial charge in [0.2, 0.25) is 0 Å². The van der Waals surface area contributed by atoms with Crippen LogP contribution >= 0.6 is 0 Å². The zero-order valence-corrected chi connectivity index (χ0v) is 12.7. The fourth-order valence-corrected chi connectivity index (χ4v) is 2.95. The Kier molecular flexibility index (Phi) is 4.15. The van der Waals surface area contributed by atoms with Gasteiger partial charge in [0.05, 0.1) is 24.9 Å². The van der Waals surface area contributed by atoms with Crippen molar-refractivity contribution in [3.8, 4) is 0 Å². The topological polar surface area (TPSA) is 55.3 Å². The number of ether oxygens (including phenoxy) is 1. The molecule has 0 bridgehead atoms. The van der Waals surface area contributed by atoms with Crippen molar-refractivity contribution in [2.75, 3.05) is 6.61 Å². The number of morpholine rings is 1. The zero-order valence-electron chi connectivity index (χ0n) is 12.7. The second-order valence-corrected chi connectivity index (χ2v) is 5.56. The van der Waals surface area contributed by atoms with Crippen molar-refractivity contribution in [1.29, 1.82) is 0 Å². The van der Waals surface area contributed by atoms with E-state index in [1.54, 1.807) is 6.20 Å². The third-order valence-corrected chi connectivity index (χ3v) is 4.01. The molecule has 1 fully saturated rings. The molecule has 0 saturated carbocycles. The van der Waals surface area contributed by atoms with E-state index in [0.29, 0.717) is 12.3 Å². The average molecular weight is 297 g/mol. The highest BCUT2D eigenvalue weighted by atomic mass is 16.5. The van der Waals surface area contributed by atoms with Crippen molar-refractivity contribution >= 4 is 5.91 Å². The first kappa shape index (κ1) is 14.7. The zero-order chi connectivity index (χ0) is 15.5. The van der Waals surface area contributed by atoms with Crippen LogP contribution in [0.5, 0.6) is 0 Å². The first-order chi connectivity index (χ1) is 10.7. The molecule has 1 aliphatic heterocycles. The van der Waals surface area contributed by atoms with Crippen LogP contribution in [0.15, 0.2) is 48.9 Å². The summed E-state index contributed by atoms with van der Waals surface area (Å²) in [7, 11) is 0. The Labute approximate surface area is 130 Å². The number of rotatable bonds is 2. The molecule has 5 nitrogen and oxygen atoms in total. The van der Waals surface area contributed by atoms with E-state index in [4.69, 9.17) is 4.74 Å². The van der Waals surface area contributed by atoms with Gasteiger partial charge in [-0.25, -0.2) is 4.98 Å². The Morgan fingerprint density at radius 1 is 1.23 bits per heavy atom. The Morgan fingerprint density at radius 3 is 2.68 bits per heavy atom. The molecule has 1 aliphatic rings. The van der Waals surface area contributed by atoms with Gasteiger partial charge in [0, 0.05) is 12.4 Å². The second-order valence-electron chi connectivity index (χ2n) is 5.56. The van der Waals surface area contributed by atoms with Crippen LogP contribution in [0.4, 0.5) is 0 Å².